The van der Waals surface area contributed by atoms with Gasteiger partial charge in [-0.25, -0.2) is 4.98 Å². The summed E-state index contributed by atoms with van der Waals surface area (Å²) in [5.41, 5.74) is 0.802. The lowest BCUT2D eigenvalue weighted by molar-refractivity contribution is -0.135. The third-order valence-electron chi connectivity index (χ3n) is 4.87. The van der Waals surface area contributed by atoms with Gasteiger partial charge in [-0.2, -0.15) is 5.10 Å². The van der Waals surface area contributed by atoms with Gasteiger partial charge in [0.05, 0.1) is 5.56 Å². The van der Waals surface area contributed by atoms with Crippen LogP contribution in [0.15, 0.2) is 30.6 Å². The molecule has 1 fully saturated rings. The molecule has 2 unspecified atom stereocenters. The predicted octanol–water partition coefficient (Wildman–Crippen LogP) is 2.89. The molecule has 6 nitrogen and oxygen atoms in total. The first-order chi connectivity index (χ1) is 11.7. The molecule has 0 saturated heterocycles. The smallest absolute Gasteiger partial charge is 0.260 e. The van der Waals surface area contributed by atoms with Crippen LogP contribution in [0, 0.1) is 5.92 Å². The van der Waals surface area contributed by atoms with Crippen molar-refractivity contribution in [1.82, 2.24) is 20.1 Å². The first-order valence-corrected chi connectivity index (χ1v) is 8.50. The van der Waals surface area contributed by atoms with Crippen LogP contribution in [0.2, 0.25) is 0 Å². The lowest BCUT2D eigenvalue weighted by atomic mass is 9.85. The normalized spacial score (nSPS) is 20.6. The van der Waals surface area contributed by atoms with Crippen LogP contribution in [0.1, 0.15) is 32.6 Å². The van der Waals surface area contributed by atoms with E-state index in [2.05, 4.69) is 22.1 Å². The monoisotopic (exact) mass is 328 g/mol. The van der Waals surface area contributed by atoms with Crippen LogP contribution in [-0.2, 0) is 4.79 Å². The number of amides is 1. The number of aromatic amines is 1. The number of hydrogen-bond acceptors (Lipinski definition) is 4. The zero-order valence-corrected chi connectivity index (χ0v) is 14.2. The molecule has 128 valence electrons. The minimum Gasteiger partial charge on any atom is -0.483 e. The van der Waals surface area contributed by atoms with E-state index in [1.165, 1.54) is 25.6 Å². The van der Waals surface area contributed by atoms with Crippen LogP contribution in [0.3, 0.4) is 0 Å². The maximum atomic E-state index is 12.5. The number of para-hydroxylation sites is 1. The van der Waals surface area contributed by atoms with E-state index >= 15 is 0 Å². The molecule has 24 heavy (non-hydrogen) atoms. The highest BCUT2D eigenvalue weighted by atomic mass is 16.5. The number of nitrogens with zero attached hydrogens (tertiary/aromatic N) is 3. The molecule has 1 aromatic heterocycles. The fraction of sp³-hybridized carbons (Fsp3) is 0.500. The average molecular weight is 328 g/mol. The van der Waals surface area contributed by atoms with E-state index in [1.807, 2.05) is 36.2 Å². The predicted molar refractivity (Wildman–Crippen MR) is 91.5 cm³/mol. The van der Waals surface area contributed by atoms with Gasteiger partial charge in [-0.3, -0.25) is 9.89 Å². The van der Waals surface area contributed by atoms with Gasteiger partial charge in [0.25, 0.3) is 5.91 Å². The lowest BCUT2D eigenvalue weighted by Gasteiger charge is -2.36. The standard InChI is InChI=1S/C18H24N4O2/c1-13-7-3-5-9-15(13)22(2)17(23)11-24-16-10-6-4-8-14(16)18-19-12-20-21-18/h4,6,8,10,12-13,15H,3,5,7,9,11H2,1-2H3,(H,19,20,21). The zero-order valence-electron chi connectivity index (χ0n) is 14.2. The number of likely N-dealkylation sites (N-methyl/N-ethyl adjacent to an activating group) is 1. The molecule has 1 heterocycles. The minimum atomic E-state index is 0.0149. The molecule has 3 rings (SSSR count). The topological polar surface area (TPSA) is 71.1 Å². The van der Waals surface area contributed by atoms with E-state index in [-0.39, 0.29) is 12.5 Å². The van der Waals surface area contributed by atoms with Crippen LogP contribution in [0.5, 0.6) is 5.75 Å². The summed E-state index contributed by atoms with van der Waals surface area (Å²) in [5.74, 6) is 1.83. The fourth-order valence-electron chi connectivity index (χ4n) is 3.42. The number of benzene rings is 1. The SMILES string of the molecule is CC1CCCCC1N(C)C(=O)COc1ccccc1-c1ncn[nH]1. The maximum absolute atomic E-state index is 12.5. The maximum Gasteiger partial charge on any atom is 0.260 e. The second-order valence-corrected chi connectivity index (χ2v) is 6.45. The molecule has 2 atom stereocenters. The number of aromatic nitrogens is 3. The minimum absolute atomic E-state index is 0.0149. The van der Waals surface area contributed by atoms with E-state index in [4.69, 9.17) is 4.74 Å². The van der Waals surface area contributed by atoms with Crippen molar-refractivity contribution in [2.45, 2.75) is 38.6 Å². The number of nitrogens with one attached hydrogen (secondary N) is 1. The Balaban J connectivity index is 1.64. The molecule has 1 N–H and O–H groups in total. The molecule has 1 aliphatic carbocycles. The van der Waals surface area contributed by atoms with Crippen LogP contribution >= 0.6 is 0 Å². The van der Waals surface area contributed by atoms with E-state index in [9.17, 15) is 4.79 Å². The van der Waals surface area contributed by atoms with Crippen molar-refractivity contribution in [3.05, 3.63) is 30.6 Å². The van der Waals surface area contributed by atoms with E-state index < -0.39 is 0 Å². The highest BCUT2D eigenvalue weighted by Gasteiger charge is 2.28. The molecule has 0 radical (unpaired) electrons. The molecule has 2 aromatic rings. The zero-order chi connectivity index (χ0) is 16.9. The molecule has 0 bridgehead atoms. The Morgan fingerprint density at radius 1 is 1.33 bits per heavy atom. The molecule has 1 aliphatic rings. The van der Waals surface area contributed by atoms with Gasteiger partial charge in [-0.05, 0) is 30.9 Å². The third-order valence-corrected chi connectivity index (χ3v) is 4.87. The number of rotatable bonds is 5. The van der Waals surface area contributed by atoms with Crippen molar-refractivity contribution in [3.63, 3.8) is 0 Å². The van der Waals surface area contributed by atoms with E-state index in [0.717, 1.165) is 12.0 Å². The van der Waals surface area contributed by atoms with Crippen molar-refractivity contribution in [3.8, 4) is 17.1 Å². The van der Waals surface area contributed by atoms with Crippen LogP contribution in [0.25, 0.3) is 11.4 Å². The van der Waals surface area contributed by atoms with E-state index in [1.54, 1.807) is 0 Å². The number of H-pyrrole nitrogens is 1. The van der Waals surface area contributed by atoms with Gasteiger partial charge in [0.2, 0.25) is 0 Å². The van der Waals surface area contributed by atoms with Crippen molar-refractivity contribution < 1.29 is 9.53 Å². The summed E-state index contributed by atoms with van der Waals surface area (Å²) in [6.45, 7) is 2.26. The highest BCUT2D eigenvalue weighted by Crippen LogP contribution is 2.28. The summed E-state index contributed by atoms with van der Waals surface area (Å²) in [7, 11) is 1.89. The summed E-state index contributed by atoms with van der Waals surface area (Å²) in [5, 5.41) is 6.69. The van der Waals surface area contributed by atoms with Gasteiger partial charge in [0.15, 0.2) is 12.4 Å². The number of carbonyl (C=O) groups excluding carboxylic acids is 1. The molecule has 1 aromatic carbocycles. The highest BCUT2D eigenvalue weighted by molar-refractivity contribution is 5.78. The number of ether oxygens (including phenoxy) is 1. The number of hydrogen-bond donors (Lipinski definition) is 1. The second-order valence-electron chi connectivity index (χ2n) is 6.45. The molecule has 1 amide bonds. The van der Waals surface area contributed by atoms with Crippen molar-refractivity contribution in [2.24, 2.45) is 5.92 Å². The van der Waals surface area contributed by atoms with Crippen molar-refractivity contribution in [2.75, 3.05) is 13.7 Å². The van der Waals surface area contributed by atoms with Gasteiger partial charge >= 0.3 is 0 Å². The Labute approximate surface area is 142 Å². The summed E-state index contributed by atoms with van der Waals surface area (Å²) in [4.78, 5) is 18.5. The Kier molecular flexibility index (Phi) is 5.13. The van der Waals surface area contributed by atoms with Gasteiger partial charge in [0, 0.05) is 13.1 Å². The largest absolute Gasteiger partial charge is 0.483 e. The molecular formula is C18H24N4O2. The molecule has 1 saturated carbocycles. The van der Waals surface area contributed by atoms with E-state index in [0.29, 0.717) is 23.5 Å². The fourth-order valence-corrected chi connectivity index (χ4v) is 3.42. The van der Waals surface area contributed by atoms with Crippen LogP contribution < -0.4 is 4.74 Å². The Hall–Kier alpha value is -2.37. The second kappa shape index (κ2) is 7.47. The molecule has 0 spiro atoms. The van der Waals surface area contributed by atoms with Gasteiger partial charge in [-0.15, -0.1) is 0 Å². The summed E-state index contributed by atoms with van der Waals surface area (Å²) in [6, 6.07) is 7.84. The Morgan fingerprint density at radius 2 is 2.12 bits per heavy atom. The Morgan fingerprint density at radius 3 is 2.88 bits per heavy atom. The van der Waals surface area contributed by atoms with Crippen molar-refractivity contribution >= 4 is 5.91 Å². The molecular weight excluding hydrogens is 304 g/mol. The molecule has 6 heteroatoms. The Bertz CT molecular complexity index is 671. The summed E-state index contributed by atoms with van der Waals surface area (Å²) >= 11 is 0. The number of carbonyl (C=O) groups is 1. The third kappa shape index (κ3) is 3.58. The van der Waals surface area contributed by atoms with Gasteiger partial charge in [0.1, 0.15) is 12.1 Å². The van der Waals surface area contributed by atoms with Gasteiger partial charge < -0.3 is 9.64 Å². The van der Waals surface area contributed by atoms with Crippen LogP contribution in [-0.4, -0.2) is 45.7 Å². The molecule has 0 aliphatic heterocycles. The summed E-state index contributed by atoms with van der Waals surface area (Å²) in [6.07, 6.45) is 6.19. The first kappa shape index (κ1) is 16.5. The van der Waals surface area contributed by atoms with Gasteiger partial charge in [-0.1, -0.05) is 31.9 Å². The lowest BCUT2D eigenvalue weighted by Crippen LogP contribution is -2.44. The average Bonchev–Trinajstić information content (AvgIpc) is 3.14. The van der Waals surface area contributed by atoms with Crippen LogP contribution in [0.4, 0.5) is 0 Å². The quantitative estimate of drug-likeness (QED) is 0.916. The van der Waals surface area contributed by atoms with Crippen molar-refractivity contribution in [1.29, 1.82) is 0 Å². The first-order valence-electron chi connectivity index (χ1n) is 8.50. The summed E-state index contributed by atoms with van der Waals surface area (Å²) < 4.78 is 5.79.